The fourth-order valence-corrected chi connectivity index (χ4v) is 4.60. The molecule has 2 unspecified atom stereocenters. The van der Waals surface area contributed by atoms with Gasteiger partial charge in [0, 0.05) is 24.2 Å². The highest BCUT2D eigenvalue weighted by molar-refractivity contribution is 7.15. The Morgan fingerprint density at radius 3 is 3.05 bits per heavy atom. The maximum Gasteiger partial charge on any atom is 0.356 e. The standard InChI is InChI=1S/C14H17N3O2S/c18-13(19)11-12(15-14-17(11)7-8-20-14)16-6-2-4-9-3-1-5-10(9)16/h7-10H,1-6H2,(H,18,19). The third-order valence-electron chi connectivity index (χ3n) is 4.71. The van der Waals surface area contributed by atoms with Gasteiger partial charge in [0.1, 0.15) is 0 Å². The number of carboxylic acids is 1. The first-order valence-corrected chi connectivity index (χ1v) is 8.09. The molecule has 1 saturated carbocycles. The normalized spacial score (nSPS) is 26.1. The minimum Gasteiger partial charge on any atom is -0.476 e. The summed E-state index contributed by atoms with van der Waals surface area (Å²) >= 11 is 1.49. The van der Waals surface area contributed by atoms with Gasteiger partial charge in [-0.2, -0.15) is 0 Å². The van der Waals surface area contributed by atoms with Crippen LogP contribution in [0.5, 0.6) is 0 Å². The molecule has 1 saturated heterocycles. The third kappa shape index (κ3) is 1.67. The number of aromatic carboxylic acids is 1. The highest BCUT2D eigenvalue weighted by Gasteiger charge is 2.38. The Hall–Kier alpha value is -1.56. The zero-order valence-electron chi connectivity index (χ0n) is 11.2. The molecule has 2 fully saturated rings. The van der Waals surface area contributed by atoms with Gasteiger partial charge in [0.15, 0.2) is 16.5 Å². The molecule has 1 N–H and O–H groups in total. The van der Waals surface area contributed by atoms with Gasteiger partial charge in [-0.25, -0.2) is 9.78 Å². The number of imidazole rings is 1. The molecule has 106 valence electrons. The summed E-state index contributed by atoms with van der Waals surface area (Å²) in [5.41, 5.74) is 0.328. The molecule has 3 heterocycles. The molecule has 0 spiro atoms. The second-order valence-electron chi connectivity index (χ2n) is 5.74. The molecular weight excluding hydrogens is 274 g/mol. The number of hydrogen-bond acceptors (Lipinski definition) is 4. The van der Waals surface area contributed by atoms with Crippen LogP contribution in [-0.2, 0) is 0 Å². The van der Waals surface area contributed by atoms with E-state index >= 15 is 0 Å². The third-order valence-corrected chi connectivity index (χ3v) is 5.47. The van der Waals surface area contributed by atoms with Crippen LogP contribution in [0.15, 0.2) is 11.6 Å². The number of nitrogens with zero attached hydrogens (tertiary/aromatic N) is 3. The Balaban J connectivity index is 1.82. The number of fused-ring (bicyclic) bond motifs is 2. The van der Waals surface area contributed by atoms with Crippen molar-refractivity contribution < 1.29 is 9.90 Å². The van der Waals surface area contributed by atoms with E-state index in [-0.39, 0.29) is 0 Å². The summed E-state index contributed by atoms with van der Waals surface area (Å²) in [5, 5.41) is 11.4. The van der Waals surface area contributed by atoms with Crippen molar-refractivity contribution in [1.82, 2.24) is 9.38 Å². The van der Waals surface area contributed by atoms with Crippen molar-refractivity contribution in [2.75, 3.05) is 11.4 Å². The predicted molar refractivity (Wildman–Crippen MR) is 77.7 cm³/mol. The van der Waals surface area contributed by atoms with Gasteiger partial charge in [-0.15, -0.1) is 11.3 Å². The van der Waals surface area contributed by atoms with Gasteiger partial charge in [-0.3, -0.25) is 4.40 Å². The van der Waals surface area contributed by atoms with Crippen LogP contribution in [0.3, 0.4) is 0 Å². The van der Waals surface area contributed by atoms with Gasteiger partial charge in [0.2, 0.25) is 0 Å². The lowest BCUT2D eigenvalue weighted by Gasteiger charge is -2.38. The van der Waals surface area contributed by atoms with E-state index < -0.39 is 5.97 Å². The average molecular weight is 291 g/mol. The zero-order valence-corrected chi connectivity index (χ0v) is 12.0. The molecule has 4 rings (SSSR count). The summed E-state index contributed by atoms with van der Waals surface area (Å²) in [6, 6.07) is 0.492. The van der Waals surface area contributed by atoms with Crippen LogP contribution >= 0.6 is 11.3 Å². The fraction of sp³-hybridized carbons (Fsp3) is 0.571. The highest BCUT2D eigenvalue weighted by atomic mass is 32.1. The molecule has 0 radical (unpaired) electrons. The molecule has 2 aliphatic rings. The van der Waals surface area contributed by atoms with E-state index in [1.165, 1.54) is 37.0 Å². The first kappa shape index (κ1) is 12.2. The monoisotopic (exact) mass is 291 g/mol. The van der Waals surface area contributed by atoms with Crippen LogP contribution in [0.25, 0.3) is 4.96 Å². The highest BCUT2D eigenvalue weighted by Crippen LogP contribution is 2.40. The maximum atomic E-state index is 11.6. The lowest BCUT2D eigenvalue weighted by atomic mass is 9.92. The van der Waals surface area contributed by atoms with Crippen molar-refractivity contribution in [3.8, 4) is 0 Å². The van der Waals surface area contributed by atoms with Gasteiger partial charge < -0.3 is 10.0 Å². The molecule has 2 aromatic rings. The largest absolute Gasteiger partial charge is 0.476 e. The predicted octanol–water partition coefficient (Wildman–Crippen LogP) is 2.86. The number of carboxylic acid groups (broad SMARTS) is 1. The summed E-state index contributed by atoms with van der Waals surface area (Å²) < 4.78 is 1.71. The van der Waals surface area contributed by atoms with Crippen LogP contribution in [0.4, 0.5) is 5.82 Å². The van der Waals surface area contributed by atoms with Gasteiger partial charge in [0.25, 0.3) is 0 Å². The number of aromatic nitrogens is 2. The van der Waals surface area contributed by atoms with Crippen molar-refractivity contribution in [2.45, 2.75) is 38.1 Å². The molecule has 0 aromatic carbocycles. The Morgan fingerprint density at radius 2 is 2.20 bits per heavy atom. The summed E-state index contributed by atoms with van der Waals surface area (Å²) in [4.78, 5) is 19.3. The first-order chi connectivity index (χ1) is 9.75. The Kier molecular flexibility index (Phi) is 2.73. The Bertz CT molecular complexity index is 662. The van der Waals surface area contributed by atoms with E-state index in [4.69, 9.17) is 0 Å². The first-order valence-electron chi connectivity index (χ1n) is 7.21. The number of hydrogen-bond donors (Lipinski definition) is 1. The lowest BCUT2D eigenvalue weighted by molar-refractivity contribution is 0.0690. The van der Waals surface area contributed by atoms with E-state index in [0.29, 0.717) is 17.6 Å². The number of anilines is 1. The van der Waals surface area contributed by atoms with Gasteiger partial charge in [-0.05, 0) is 31.6 Å². The van der Waals surface area contributed by atoms with Gasteiger partial charge in [-0.1, -0.05) is 6.42 Å². The summed E-state index contributed by atoms with van der Waals surface area (Å²) in [6.07, 6.45) is 7.95. The second-order valence-corrected chi connectivity index (χ2v) is 6.61. The smallest absolute Gasteiger partial charge is 0.356 e. The molecule has 0 bridgehead atoms. The number of thiazole rings is 1. The van der Waals surface area contributed by atoms with Gasteiger partial charge in [0.05, 0.1) is 0 Å². The SMILES string of the molecule is O=C(O)c1c(N2CCCC3CCCC32)nc2sccn12. The van der Waals surface area contributed by atoms with E-state index in [2.05, 4.69) is 9.88 Å². The molecule has 2 atom stereocenters. The van der Waals surface area contributed by atoms with Crippen LogP contribution in [-0.4, -0.2) is 33.0 Å². The minimum atomic E-state index is -0.883. The molecular formula is C14H17N3O2S. The zero-order chi connectivity index (χ0) is 13.7. The number of piperidine rings is 1. The molecule has 1 aliphatic heterocycles. The van der Waals surface area contributed by atoms with Gasteiger partial charge >= 0.3 is 5.97 Å². The van der Waals surface area contributed by atoms with Crippen molar-refractivity contribution in [3.63, 3.8) is 0 Å². The fourth-order valence-electron chi connectivity index (χ4n) is 3.89. The van der Waals surface area contributed by atoms with Crippen molar-refractivity contribution in [2.24, 2.45) is 5.92 Å². The van der Waals surface area contributed by atoms with E-state index in [1.807, 2.05) is 5.38 Å². The van der Waals surface area contributed by atoms with Crippen LogP contribution in [0.1, 0.15) is 42.6 Å². The molecule has 1 aliphatic carbocycles. The summed E-state index contributed by atoms with van der Waals surface area (Å²) in [5.74, 6) is 0.525. The Labute approximate surface area is 120 Å². The van der Waals surface area contributed by atoms with Crippen LogP contribution < -0.4 is 4.90 Å². The van der Waals surface area contributed by atoms with Crippen LogP contribution in [0.2, 0.25) is 0 Å². The van der Waals surface area contributed by atoms with Crippen molar-refractivity contribution in [3.05, 3.63) is 17.3 Å². The lowest BCUT2D eigenvalue weighted by Crippen LogP contribution is -2.43. The van der Waals surface area contributed by atoms with Crippen molar-refractivity contribution in [1.29, 1.82) is 0 Å². The average Bonchev–Trinajstić information content (AvgIpc) is 3.11. The van der Waals surface area contributed by atoms with E-state index in [1.54, 1.807) is 10.6 Å². The summed E-state index contributed by atoms with van der Waals surface area (Å²) in [7, 11) is 0. The molecule has 2 aromatic heterocycles. The van der Waals surface area contributed by atoms with E-state index in [0.717, 1.165) is 23.8 Å². The van der Waals surface area contributed by atoms with Crippen LogP contribution in [0, 0.1) is 5.92 Å². The second kappa shape index (κ2) is 4.48. The quantitative estimate of drug-likeness (QED) is 0.924. The number of rotatable bonds is 2. The van der Waals surface area contributed by atoms with E-state index in [9.17, 15) is 9.90 Å². The maximum absolute atomic E-state index is 11.6. The minimum absolute atomic E-state index is 0.328. The molecule has 6 heteroatoms. The van der Waals surface area contributed by atoms with Crippen molar-refractivity contribution >= 4 is 28.1 Å². The molecule has 20 heavy (non-hydrogen) atoms. The topological polar surface area (TPSA) is 57.8 Å². The summed E-state index contributed by atoms with van der Waals surface area (Å²) in [6.45, 7) is 0.937. The molecule has 0 amide bonds. The molecule has 5 nitrogen and oxygen atoms in total. The number of carbonyl (C=O) groups is 1. The Morgan fingerprint density at radius 1 is 1.35 bits per heavy atom.